The van der Waals surface area contributed by atoms with E-state index in [0.717, 1.165) is 11.1 Å². The van der Waals surface area contributed by atoms with Crippen molar-refractivity contribution in [1.29, 1.82) is 0 Å². The van der Waals surface area contributed by atoms with E-state index in [2.05, 4.69) is 9.93 Å². The molecule has 0 unspecified atom stereocenters. The number of hydrazone groups is 1. The summed E-state index contributed by atoms with van der Waals surface area (Å²) < 4.78 is 29.9. The van der Waals surface area contributed by atoms with E-state index < -0.39 is 10.0 Å². The first kappa shape index (κ1) is 17.3. The lowest BCUT2D eigenvalue weighted by Crippen LogP contribution is -2.18. The average molecular weight is 375 g/mol. The number of aryl methyl sites for hydroxylation is 1. The Bertz CT molecular complexity index is 992. The zero-order chi connectivity index (χ0) is 17.9. The number of sulfonamides is 1. The highest BCUT2D eigenvalue weighted by Crippen LogP contribution is 2.23. The van der Waals surface area contributed by atoms with Crippen LogP contribution in [0.15, 0.2) is 75.1 Å². The number of rotatable bonds is 5. The Labute approximate surface area is 151 Å². The Balaban J connectivity index is 1.70. The molecule has 3 aromatic rings. The topological polar surface area (TPSA) is 71.7 Å². The van der Waals surface area contributed by atoms with Gasteiger partial charge in [0.15, 0.2) is 0 Å². The van der Waals surface area contributed by atoms with E-state index in [-0.39, 0.29) is 4.90 Å². The van der Waals surface area contributed by atoms with Gasteiger partial charge in [0, 0.05) is 10.6 Å². The van der Waals surface area contributed by atoms with Crippen LogP contribution in [0.5, 0.6) is 0 Å². The van der Waals surface area contributed by atoms with Crippen molar-refractivity contribution in [3.63, 3.8) is 0 Å². The molecule has 0 aliphatic carbocycles. The van der Waals surface area contributed by atoms with E-state index in [0.29, 0.717) is 16.5 Å². The van der Waals surface area contributed by atoms with Crippen molar-refractivity contribution in [3.8, 4) is 11.3 Å². The molecule has 1 heterocycles. The maximum atomic E-state index is 12.1. The summed E-state index contributed by atoms with van der Waals surface area (Å²) in [5.74, 6) is 1.07. The first-order valence-electron chi connectivity index (χ1n) is 7.41. The highest BCUT2D eigenvalue weighted by atomic mass is 35.5. The third-order valence-corrected chi connectivity index (χ3v) is 4.94. The van der Waals surface area contributed by atoms with Crippen molar-refractivity contribution in [1.82, 2.24) is 4.83 Å². The zero-order valence-electron chi connectivity index (χ0n) is 13.3. The lowest BCUT2D eigenvalue weighted by molar-refractivity contribution is 0.573. The number of hydrogen-bond donors (Lipinski definition) is 1. The Morgan fingerprint density at radius 2 is 1.68 bits per heavy atom. The normalized spacial score (nSPS) is 11.8. The van der Waals surface area contributed by atoms with Crippen molar-refractivity contribution in [2.45, 2.75) is 11.8 Å². The second kappa shape index (κ2) is 7.13. The number of furan rings is 1. The molecule has 0 atom stereocenters. The lowest BCUT2D eigenvalue weighted by Gasteiger charge is -2.03. The van der Waals surface area contributed by atoms with Crippen LogP contribution in [0.2, 0.25) is 5.02 Å². The van der Waals surface area contributed by atoms with E-state index >= 15 is 0 Å². The average Bonchev–Trinajstić information content (AvgIpc) is 3.04. The minimum Gasteiger partial charge on any atom is -0.455 e. The predicted molar refractivity (Wildman–Crippen MR) is 98.2 cm³/mol. The molecule has 0 aliphatic heterocycles. The molecule has 25 heavy (non-hydrogen) atoms. The summed E-state index contributed by atoms with van der Waals surface area (Å²) in [4.78, 5) is 2.31. The van der Waals surface area contributed by atoms with Gasteiger partial charge in [-0.3, -0.25) is 0 Å². The highest BCUT2D eigenvalue weighted by molar-refractivity contribution is 7.89. The maximum Gasteiger partial charge on any atom is 0.276 e. The highest BCUT2D eigenvalue weighted by Gasteiger charge is 2.12. The van der Waals surface area contributed by atoms with Crippen molar-refractivity contribution < 1.29 is 12.8 Å². The number of halogens is 1. The molecule has 128 valence electrons. The molecule has 0 saturated carbocycles. The van der Waals surface area contributed by atoms with E-state index in [1.54, 1.807) is 36.4 Å². The molecule has 2 aromatic carbocycles. The van der Waals surface area contributed by atoms with Crippen molar-refractivity contribution in [2.24, 2.45) is 5.10 Å². The number of nitrogens with zero attached hydrogens (tertiary/aromatic N) is 1. The van der Waals surface area contributed by atoms with Crippen LogP contribution in [0.3, 0.4) is 0 Å². The molecule has 0 saturated heterocycles. The van der Waals surface area contributed by atoms with Crippen LogP contribution in [0.25, 0.3) is 11.3 Å². The van der Waals surface area contributed by atoms with E-state index in [9.17, 15) is 8.42 Å². The van der Waals surface area contributed by atoms with Gasteiger partial charge in [-0.15, -0.1) is 0 Å². The molecule has 3 rings (SSSR count). The molecule has 0 aliphatic rings. The molecule has 1 aromatic heterocycles. The molecule has 0 spiro atoms. The lowest BCUT2D eigenvalue weighted by atomic mass is 10.2. The third-order valence-electron chi connectivity index (χ3n) is 3.45. The zero-order valence-corrected chi connectivity index (χ0v) is 14.9. The Morgan fingerprint density at radius 3 is 2.36 bits per heavy atom. The smallest absolute Gasteiger partial charge is 0.276 e. The molecule has 0 radical (unpaired) electrons. The van der Waals surface area contributed by atoms with Crippen LogP contribution in [-0.2, 0) is 10.0 Å². The largest absolute Gasteiger partial charge is 0.455 e. The summed E-state index contributed by atoms with van der Waals surface area (Å²) in [6.07, 6.45) is 1.31. The van der Waals surface area contributed by atoms with E-state index in [1.807, 2.05) is 19.1 Å². The van der Waals surface area contributed by atoms with Crippen molar-refractivity contribution in [3.05, 3.63) is 77.0 Å². The van der Waals surface area contributed by atoms with Crippen molar-refractivity contribution >= 4 is 27.8 Å². The Hall–Kier alpha value is -2.57. The van der Waals surface area contributed by atoms with Gasteiger partial charge < -0.3 is 4.42 Å². The first-order valence-corrected chi connectivity index (χ1v) is 9.27. The number of nitrogens with one attached hydrogen (secondary N) is 1. The summed E-state index contributed by atoms with van der Waals surface area (Å²) in [7, 11) is -3.70. The molecule has 5 nitrogen and oxygen atoms in total. The van der Waals surface area contributed by atoms with Crippen LogP contribution in [0.4, 0.5) is 0 Å². The van der Waals surface area contributed by atoms with Crippen molar-refractivity contribution in [2.75, 3.05) is 0 Å². The summed E-state index contributed by atoms with van der Waals surface area (Å²) in [5.41, 5.74) is 1.84. The third kappa shape index (κ3) is 4.29. The fourth-order valence-corrected chi connectivity index (χ4v) is 3.04. The van der Waals surface area contributed by atoms with Gasteiger partial charge in [0.05, 0.1) is 11.1 Å². The standard InChI is InChI=1S/C18H15ClN2O3S/c1-13-2-9-17(10-3-13)25(22,23)21-20-12-16-8-11-18(24-16)14-4-6-15(19)7-5-14/h2-12,21H,1H3. The van der Waals surface area contributed by atoms with Gasteiger partial charge in [0.25, 0.3) is 10.0 Å². The molecule has 0 bridgehead atoms. The molecule has 0 fully saturated rings. The van der Waals surface area contributed by atoms with Gasteiger partial charge in [-0.05, 0) is 55.5 Å². The minimum atomic E-state index is -3.70. The monoisotopic (exact) mass is 374 g/mol. The first-order chi connectivity index (χ1) is 11.9. The summed E-state index contributed by atoms with van der Waals surface area (Å²) in [6.45, 7) is 1.89. The summed E-state index contributed by atoms with van der Waals surface area (Å²) >= 11 is 5.86. The Kier molecular flexibility index (Phi) is 4.92. The molecule has 7 heteroatoms. The summed E-state index contributed by atoms with van der Waals surface area (Å²) in [6, 6.07) is 17.2. The van der Waals surface area contributed by atoms with Gasteiger partial charge in [0.2, 0.25) is 0 Å². The van der Waals surface area contributed by atoms with Crippen LogP contribution >= 0.6 is 11.6 Å². The molecular weight excluding hydrogens is 360 g/mol. The summed E-state index contributed by atoms with van der Waals surface area (Å²) in [5, 5.41) is 4.40. The maximum absolute atomic E-state index is 12.1. The molecule has 0 amide bonds. The Morgan fingerprint density at radius 1 is 1.00 bits per heavy atom. The van der Waals surface area contributed by atoms with Crippen LogP contribution < -0.4 is 4.83 Å². The number of hydrogen-bond acceptors (Lipinski definition) is 4. The second-order valence-electron chi connectivity index (χ2n) is 5.37. The van der Waals surface area contributed by atoms with Gasteiger partial charge in [0.1, 0.15) is 11.5 Å². The quantitative estimate of drug-likeness (QED) is 0.536. The van der Waals surface area contributed by atoms with Gasteiger partial charge in [-0.1, -0.05) is 29.3 Å². The van der Waals surface area contributed by atoms with Crippen LogP contribution in [0, 0.1) is 6.92 Å². The van der Waals surface area contributed by atoms with Crippen LogP contribution in [-0.4, -0.2) is 14.6 Å². The fourth-order valence-electron chi connectivity index (χ4n) is 2.12. The molecule has 1 N–H and O–H groups in total. The van der Waals surface area contributed by atoms with Gasteiger partial charge in [-0.25, -0.2) is 0 Å². The van der Waals surface area contributed by atoms with Gasteiger partial charge >= 0.3 is 0 Å². The minimum absolute atomic E-state index is 0.150. The van der Waals surface area contributed by atoms with Crippen LogP contribution in [0.1, 0.15) is 11.3 Å². The second-order valence-corrected chi connectivity index (χ2v) is 7.47. The predicted octanol–water partition coefficient (Wildman–Crippen LogP) is 4.22. The van der Waals surface area contributed by atoms with E-state index in [1.165, 1.54) is 18.3 Å². The molecular formula is C18H15ClN2O3S. The SMILES string of the molecule is Cc1ccc(S(=O)(=O)NN=Cc2ccc(-c3ccc(Cl)cc3)o2)cc1. The number of benzene rings is 2. The fraction of sp³-hybridized carbons (Fsp3) is 0.0556. The van der Waals surface area contributed by atoms with E-state index in [4.69, 9.17) is 16.0 Å². The van der Waals surface area contributed by atoms with Gasteiger partial charge in [-0.2, -0.15) is 18.4 Å².